The molecule has 0 amide bonds. The van der Waals surface area contributed by atoms with Gasteiger partial charge in [-0.2, -0.15) is 15.0 Å². The second-order valence-electron chi connectivity index (χ2n) is 3.95. The van der Waals surface area contributed by atoms with E-state index >= 15 is 0 Å². The van der Waals surface area contributed by atoms with E-state index in [1.165, 1.54) is 7.11 Å². The predicted molar refractivity (Wildman–Crippen MR) is 65.3 cm³/mol. The molecule has 1 aliphatic heterocycles. The Morgan fingerprint density at radius 1 is 1.32 bits per heavy atom. The standard InChI is InChI=1S/C9H13N9O/c1-19-9-13-7(15-10)12-8(14-9)17-2-3-18-5-11-16-6(18)4-17/h5H,2-4,10H2,1H3,(H,12,13,14,15). The molecule has 2 aromatic heterocycles. The molecule has 0 spiro atoms. The van der Waals surface area contributed by atoms with Gasteiger partial charge in [-0.3, -0.25) is 5.43 Å². The maximum absolute atomic E-state index is 5.33. The lowest BCUT2D eigenvalue weighted by Gasteiger charge is -2.27. The van der Waals surface area contributed by atoms with Gasteiger partial charge in [0, 0.05) is 13.1 Å². The Morgan fingerprint density at radius 2 is 2.21 bits per heavy atom. The number of ether oxygens (including phenoxy) is 1. The van der Waals surface area contributed by atoms with Gasteiger partial charge in [0.1, 0.15) is 6.33 Å². The first kappa shape index (κ1) is 11.6. The fourth-order valence-corrected chi connectivity index (χ4v) is 1.88. The Labute approximate surface area is 108 Å². The molecule has 10 nitrogen and oxygen atoms in total. The molecule has 2 aromatic rings. The van der Waals surface area contributed by atoms with Gasteiger partial charge in [-0.05, 0) is 0 Å². The minimum atomic E-state index is 0.213. The van der Waals surface area contributed by atoms with E-state index in [0.717, 1.165) is 18.9 Å². The number of hydrogen-bond donors (Lipinski definition) is 2. The molecule has 10 heteroatoms. The van der Waals surface area contributed by atoms with Crippen LogP contribution >= 0.6 is 0 Å². The Morgan fingerprint density at radius 3 is 3.00 bits per heavy atom. The van der Waals surface area contributed by atoms with E-state index in [9.17, 15) is 0 Å². The Balaban J connectivity index is 1.90. The molecule has 0 unspecified atom stereocenters. The Kier molecular flexibility index (Phi) is 2.83. The minimum absolute atomic E-state index is 0.213. The number of rotatable bonds is 3. The van der Waals surface area contributed by atoms with Gasteiger partial charge in [0.05, 0.1) is 13.7 Å². The number of fused-ring (bicyclic) bond motifs is 1. The first-order valence-corrected chi connectivity index (χ1v) is 5.68. The summed E-state index contributed by atoms with van der Waals surface area (Å²) in [7, 11) is 1.49. The molecule has 0 atom stereocenters. The summed E-state index contributed by atoms with van der Waals surface area (Å²) in [4.78, 5) is 14.3. The monoisotopic (exact) mass is 263 g/mol. The molecule has 0 aliphatic carbocycles. The number of nitrogen functional groups attached to an aromatic ring is 1. The number of hydrazine groups is 1. The molecule has 3 rings (SSSR count). The Hall–Kier alpha value is -2.49. The van der Waals surface area contributed by atoms with E-state index in [0.29, 0.717) is 12.5 Å². The SMILES string of the molecule is COc1nc(NN)nc(N2CCn3cnnc3C2)n1. The zero-order valence-electron chi connectivity index (χ0n) is 10.3. The van der Waals surface area contributed by atoms with Crippen LogP contribution < -0.4 is 20.9 Å². The van der Waals surface area contributed by atoms with Crippen LogP contribution in [-0.4, -0.2) is 43.4 Å². The molecule has 3 heterocycles. The fourth-order valence-electron chi connectivity index (χ4n) is 1.88. The first-order chi connectivity index (χ1) is 9.30. The zero-order valence-corrected chi connectivity index (χ0v) is 10.3. The van der Waals surface area contributed by atoms with Crippen molar-refractivity contribution in [1.82, 2.24) is 29.7 Å². The average molecular weight is 263 g/mol. The summed E-state index contributed by atoms with van der Waals surface area (Å²) in [5, 5.41) is 7.92. The van der Waals surface area contributed by atoms with Crippen molar-refractivity contribution in [3.63, 3.8) is 0 Å². The third-order valence-corrected chi connectivity index (χ3v) is 2.84. The van der Waals surface area contributed by atoms with Crippen molar-refractivity contribution in [2.75, 3.05) is 24.0 Å². The van der Waals surface area contributed by atoms with Gasteiger partial charge in [-0.15, -0.1) is 10.2 Å². The van der Waals surface area contributed by atoms with Crippen molar-refractivity contribution < 1.29 is 4.74 Å². The van der Waals surface area contributed by atoms with Crippen LogP contribution in [0.4, 0.5) is 11.9 Å². The van der Waals surface area contributed by atoms with Crippen LogP contribution in [0.3, 0.4) is 0 Å². The summed E-state index contributed by atoms with van der Waals surface area (Å²) in [6.45, 7) is 2.11. The number of methoxy groups -OCH3 is 1. The summed E-state index contributed by atoms with van der Waals surface area (Å²) in [5.41, 5.74) is 2.39. The van der Waals surface area contributed by atoms with Gasteiger partial charge in [0.2, 0.25) is 11.9 Å². The molecule has 0 saturated heterocycles. The van der Waals surface area contributed by atoms with Crippen molar-refractivity contribution in [1.29, 1.82) is 0 Å². The summed E-state index contributed by atoms with van der Waals surface area (Å²) < 4.78 is 7.02. The van der Waals surface area contributed by atoms with E-state index in [1.807, 2.05) is 9.47 Å². The van der Waals surface area contributed by atoms with Crippen LogP contribution in [0.15, 0.2) is 6.33 Å². The fraction of sp³-hybridized carbons (Fsp3) is 0.444. The number of hydrogen-bond acceptors (Lipinski definition) is 9. The van der Waals surface area contributed by atoms with Gasteiger partial charge < -0.3 is 14.2 Å². The van der Waals surface area contributed by atoms with E-state index in [2.05, 4.69) is 30.6 Å². The van der Waals surface area contributed by atoms with Gasteiger partial charge in [0.15, 0.2) is 5.82 Å². The number of nitrogens with zero attached hydrogens (tertiary/aromatic N) is 7. The van der Waals surface area contributed by atoms with Gasteiger partial charge in [-0.1, -0.05) is 0 Å². The normalized spacial score (nSPS) is 14.1. The molecule has 0 fully saturated rings. The second-order valence-corrected chi connectivity index (χ2v) is 3.95. The molecular formula is C9H13N9O. The highest BCUT2D eigenvalue weighted by Gasteiger charge is 2.21. The summed E-state index contributed by atoms with van der Waals surface area (Å²) in [5.74, 6) is 6.95. The highest BCUT2D eigenvalue weighted by molar-refractivity contribution is 5.38. The quantitative estimate of drug-likeness (QED) is 0.518. The van der Waals surface area contributed by atoms with E-state index < -0.39 is 0 Å². The van der Waals surface area contributed by atoms with Crippen LogP contribution in [0.2, 0.25) is 0 Å². The van der Waals surface area contributed by atoms with Gasteiger partial charge in [-0.25, -0.2) is 5.84 Å². The topological polar surface area (TPSA) is 120 Å². The smallest absolute Gasteiger partial charge is 0.322 e. The van der Waals surface area contributed by atoms with Crippen LogP contribution in [0, 0.1) is 0 Å². The van der Waals surface area contributed by atoms with Crippen LogP contribution in [0.5, 0.6) is 6.01 Å². The molecule has 19 heavy (non-hydrogen) atoms. The maximum atomic E-state index is 5.33. The third kappa shape index (κ3) is 2.12. The highest BCUT2D eigenvalue weighted by Crippen LogP contribution is 2.18. The largest absolute Gasteiger partial charge is 0.467 e. The lowest BCUT2D eigenvalue weighted by Crippen LogP contribution is -2.35. The number of anilines is 2. The molecule has 100 valence electrons. The summed E-state index contributed by atoms with van der Waals surface area (Å²) >= 11 is 0. The Bertz CT molecular complexity index is 561. The summed E-state index contributed by atoms with van der Waals surface area (Å²) in [6.07, 6.45) is 1.72. The first-order valence-electron chi connectivity index (χ1n) is 5.68. The number of nitrogens with two attached hydrogens (primary N) is 1. The van der Waals surface area contributed by atoms with Crippen molar-refractivity contribution in [3.05, 3.63) is 12.2 Å². The molecule has 0 aromatic carbocycles. The minimum Gasteiger partial charge on any atom is -0.467 e. The number of nitrogens with one attached hydrogen (secondary N) is 1. The zero-order chi connectivity index (χ0) is 13.2. The van der Waals surface area contributed by atoms with Crippen molar-refractivity contribution >= 4 is 11.9 Å². The van der Waals surface area contributed by atoms with E-state index in [4.69, 9.17) is 10.6 Å². The molecule has 0 radical (unpaired) electrons. The maximum Gasteiger partial charge on any atom is 0.322 e. The molecule has 1 aliphatic rings. The van der Waals surface area contributed by atoms with Crippen LogP contribution in [0.25, 0.3) is 0 Å². The van der Waals surface area contributed by atoms with E-state index in [-0.39, 0.29) is 12.0 Å². The molecule has 0 bridgehead atoms. The third-order valence-electron chi connectivity index (χ3n) is 2.84. The predicted octanol–water partition coefficient (Wildman–Crippen LogP) is -1.22. The van der Waals surface area contributed by atoms with Gasteiger partial charge >= 0.3 is 6.01 Å². The molecule has 0 saturated carbocycles. The van der Waals surface area contributed by atoms with E-state index in [1.54, 1.807) is 6.33 Å². The molecule has 3 N–H and O–H groups in total. The van der Waals surface area contributed by atoms with Crippen molar-refractivity contribution in [3.8, 4) is 6.01 Å². The lowest BCUT2D eigenvalue weighted by molar-refractivity contribution is 0.378. The van der Waals surface area contributed by atoms with Crippen molar-refractivity contribution in [2.24, 2.45) is 5.84 Å². The highest BCUT2D eigenvalue weighted by atomic mass is 16.5. The van der Waals surface area contributed by atoms with Crippen LogP contribution in [-0.2, 0) is 13.1 Å². The van der Waals surface area contributed by atoms with Gasteiger partial charge in [0.25, 0.3) is 0 Å². The van der Waals surface area contributed by atoms with Crippen molar-refractivity contribution in [2.45, 2.75) is 13.1 Å². The number of aromatic nitrogens is 6. The van der Waals surface area contributed by atoms with Crippen LogP contribution in [0.1, 0.15) is 5.82 Å². The molecular weight excluding hydrogens is 250 g/mol. The lowest BCUT2D eigenvalue weighted by atomic mass is 10.4. The summed E-state index contributed by atoms with van der Waals surface area (Å²) in [6, 6.07) is 0.213. The second kappa shape index (κ2) is 4.65. The average Bonchev–Trinajstić information content (AvgIpc) is 2.94.